The topological polar surface area (TPSA) is 26.3 Å². The van der Waals surface area contributed by atoms with Crippen LogP contribution >= 0.6 is 0 Å². The van der Waals surface area contributed by atoms with E-state index in [0.717, 1.165) is 19.4 Å². The fourth-order valence-corrected chi connectivity index (χ4v) is 2.89. The lowest BCUT2D eigenvalue weighted by atomic mass is 9.78. The van der Waals surface area contributed by atoms with Crippen molar-refractivity contribution in [1.82, 2.24) is 0 Å². The van der Waals surface area contributed by atoms with Gasteiger partial charge in [0.2, 0.25) is 0 Å². The summed E-state index contributed by atoms with van der Waals surface area (Å²) in [5.41, 5.74) is 1.27. The number of allylic oxidation sites excluding steroid dienone is 1. The van der Waals surface area contributed by atoms with Crippen LogP contribution in [-0.4, -0.2) is 18.5 Å². The first kappa shape index (κ1) is 6.84. The highest BCUT2D eigenvalue weighted by Gasteiger charge is 2.47. The molecule has 3 rings (SSSR count). The SMILES string of the molecule is O=C1C=C2CO[C@@H]3CCC[C@H]1[C@H]23. The zero-order chi connectivity index (χ0) is 8.13. The second kappa shape index (κ2) is 2.19. The number of hydrogen-bond acceptors (Lipinski definition) is 2. The molecule has 0 amide bonds. The first-order valence-corrected chi connectivity index (χ1v) is 4.72. The molecule has 0 aromatic carbocycles. The van der Waals surface area contributed by atoms with Gasteiger partial charge in [-0.3, -0.25) is 4.79 Å². The number of carbonyl (C=O) groups is 1. The third kappa shape index (κ3) is 0.712. The summed E-state index contributed by atoms with van der Waals surface area (Å²) in [6.07, 6.45) is 5.62. The summed E-state index contributed by atoms with van der Waals surface area (Å²) in [6, 6.07) is 0. The molecule has 2 nitrogen and oxygen atoms in total. The molecule has 1 saturated carbocycles. The molecule has 1 heterocycles. The third-order valence-corrected chi connectivity index (χ3v) is 3.42. The van der Waals surface area contributed by atoms with Gasteiger partial charge in [-0.1, -0.05) is 6.42 Å². The number of rotatable bonds is 0. The normalized spacial score (nSPS) is 44.5. The van der Waals surface area contributed by atoms with E-state index < -0.39 is 0 Å². The standard InChI is InChI=1S/C10H12O2/c11-8-4-6-5-12-9-3-1-2-7(8)10(6)9/h4,7,9-10H,1-3,5H2/t7-,9-,10+/m1/s1. The molecule has 64 valence electrons. The number of hydrogen-bond donors (Lipinski definition) is 0. The molecule has 3 aliphatic rings. The van der Waals surface area contributed by atoms with E-state index in [4.69, 9.17) is 4.74 Å². The van der Waals surface area contributed by atoms with E-state index in [0.29, 0.717) is 23.7 Å². The van der Waals surface area contributed by atoms with Crippen molar-refractivity contribution in [2.45, 2.75) is 25.4 Å². The van der Waals surface area contributed by atoms with Crippen LogP contribution in [0.25, 0.3) is 0 Å². The van der Waals surface area contributed by atoms with Gasteiger partial charge in [0, 0.05) is 11.8 Å². The van der Waals surface area contributed by atoms with Crippen molar-refractivity contribution in [1.29, 1.82) is 0 Å². The highest BCUT2D eigenvalue weighted by atomic mass is 16.5. The minimum Gasteiger partial charge on any atom is -0.373 e. The van der Waals surface area contributed by atoms with Gasteiger partial charge in [0.25, 0.3) is 0 Å². The zero-order valence-corrected chi connectivity index (χ0v) is 6.95. The second-order valence-corrected chi connectivity index (χ2v) is 4.03. The Kier molecular flexibility index (Phi) is 1.25. The first-order chi connectivity index (χ1) is 5.86. The smallest absolute Gasteiger partial charge is 0.159 e. The predicted molar refractivity (Wildman–Crippen MR) is 43.7 cm³/mol. The number of ether oxygens (including phenoxy) is 1. The second-order valence-electron chi connectivity index (χ2n) is 4.03. The molecule has 0 aromatic heterocycles. The van der Waals surface area contributed by atoms with Crippen LogP contribution in [0.5, 0.6) is 0 Å². The van der Waals surface area contributed by atoms with Crippen LogP contribution < -0.4 is 0 Å². The summed E-state index contributed by atoms with van der Waals surface area (Å²) in [7, 11) is 0. The van der Waals surface area contributed by atoms with E-state index in [9.17, 15) is 4.79 Å². The van der Waals surface area contributed by atoms with Crippen molar-refractivity contribution in [2.75, 3.05) is 6.61 Å². The summed E-state index contributed by atoms with van der Waals surface area (Å²) in [4.78, 5) is 11.5. The summed E-state index contributed by atoms with van der Waals surface area (Å²) in [5, 5.41) is 0. The van der Waals surface area contributed by atoms with Gasteiger partial charge in [0.1, 0.15) is 0 Å². The molecule has 0 unspecified atom stereocenters. The van der Waals surface area contributed by atoms with Crippen LogP contribution in [0.3, 0.4) is 0 Å². The fraction of sp³-hybridized carbons (Fsp3) is 0.700. The molecule has 2 fully saturated rings. The molecule has 12 heavy (non-hydrogen) atoms. The quantitative estimate of drug-likeness (QED) is 0.539. The largest absolute Gasteiger partial charge is 0.373 e. The molecule has 3 atom stereocenters. The van der Waals surface area contributed by atoms with Gasteiger partial charge < -0.3 is 4.74 Å². The fourth-order valence-electron chi connectivity index (χ4n) is 2.89. The highest BCUT2D eigenvalue weighted by Crippen LogP contribution is 2.45. The molecule has 0 N–H and O–H groups in total. The average Bonchev–Trinajstić information content (AvgIpc) is 2.61. The monoisotopic (exact) mass is 164 g/mol. The summed E-state index contributed by atoms with van der Waals surface area (Å²) < 4.78 is 5.62. The van der Waals surface area contributed by atoms with Gasteiger partial charge >= 0.3 is 0 Å². The molecular formula is C10H12O2. The molecular weight excluding hydrogens is 152 g/mol. The summed E-state index contributed by atoms with van der Waals surface area (Å²) in [5.74, 6) is 1.13. The van der Waals surface area contributed by atoms with Gasteiger partial charge in [0.05, 0.1) is 12.7 Å². The third-order valence-electron chi connectivity index (χ3n) is 3.42. The summed E-state index contributed by atoms with van der Waals surface area (Å²) in [6.45, 7) is 0.720. The Bertz CT molecular complexity index is 267. The van der Waals surface area contributed by atoms with Crippen molar-refractivity contribution in [3.63, 3.8) is 0 Å². The Balaban J connectivity index is 2.01. The van der Waals surface area contributed by atoms with Crippen molar-refractivity contribution >= 4 is 5.78 Å². The van der Waals surface area contributed by atoms with Crippen LogP contribution in [0.1, 0.15) is 19.3 Å². The van der Waals surface area contributed by atoms with E-state index in [-0.39, 0.29) is 0 Å². The van der Waals surface area contributed by atoms with Crippen LogP contribution in [0, 0.1) is 11.8 Å². The molecule has 0 aromatic rings. The molecule has 0 radical (unpaired) electrons. The highest BCUT2D eigenvalue weighted by molar-refractivity contribution is 5.96. The minimum atomic E-state index is 0.293. The van der Waals surface area contributed by atoms with E-state index in [1.54, 1.807) is 0 Å². The van der Waals surface area contributed by atoms with Crippen LogP contribution in [0.15, 0.2) is 11.6 Å². The molecule has 2 aliphatic carbocycles. The van der Waals surface area contributed by atoms with Crippen molar-refractivity contribution in [2.24, 2.45) is 11.8 Å². The maximum absolute atomic E-state index is 11.5. The van der Waals surface area contributed by atoms with E-state index >= 15 is 0 Å². The molecule has 1 saturated heterocycles. The Labute approximate surface area is 71.6 Å². The molecule has 0 bridgehead atoms. The number of ketones is 1. The maximum Gasteiger partial charge on any atom is 0.159 e. The van der Waals surface area contributed by atoms with Gasteiger partial charge in [-0.2, -0.15) is 0 Å². The lowest BCUT2D eigenvalue weighted by molar-refractivity contribution is -0.120. The van der Waals surface area contributed by atoms with Crippen LogP contribution in [0.2, 0.25) is 0 Å². The molecule has 0 spiro atoms. The van der Waals surface area contributed by atoms with Gasteiger partial charge in [-0.15, -0.1) is 0 Å². The minimum absolute atomic E-state index is 0.293. The van der Waals surface area contributed by atoms with E-state index in [1.807, 2.05) is 6.08 Å². The number of carbonyl (C=O) groups excluding carboxylic acids is 1. The Morgan fingerprint density at radius 2 is 2.33 bits per heavy atom. The Morgan fingerprint density at radius 1 is 1.42 bits per heavy atom. The van der Waals surface area contributed by atoms with Gasteiger partial charge in [-0.25, -0.2) is 0 Å². The van der Waals surface area contributed by atoms with E-state index in [2.05, 4.69) is 0 Å². The van der Waals surface area contributed by atoms with Gasteiger partial charge in [0.15, 0.2) is 5.78 Å². The summed E-state index contributed by atoms with van der Waals surface area (Å²) >= 11 is 0. The molecule has 1 aliphatic heterocycles. The maximum atomic E-state index is 11.5. The van der Waals surface area contributed by atoms with Crippen LogP contribution in [-0.2, 0) is 9.53 Å². The molecule has 2 heteroatoms. The Morgan fingerprint density at radius 3 is 3.25 bits per heavy atom. The van der Waals surface area contributed by atoms with Crippen molar-refractivity contribution < 1.29 is 9.53 Å². The first-order valence-electron chi connectivity index (χ1n) is 4.72. The van der Waals surface area contributed by atoms with Crippen molar-refractivity contribution in [3.05, 3.63) is 11.6 Å². The van der Waals surface area contributed by atoms with E-state index in [1.165, 1.54) is 12.0 Å². The lowest BCUT2D eigenvalue weighted by Gasteiger charge is -2.28. The van der Waals surface area contributed by atoms with Crippen molar-refractivity contribution in [3.8, 4) is 0 Å². The van der Waals surface area contributed by atoms with Crippen LogP contribution in [0.4, 0.5) is 0 Å². The Hall–Kier alpha value is -0.630. The average molecular weight is 164 g/mol. The zero-order valence-electron chi connectivity index (χ0n) is 6.95. The van der Waals surface area contributed by atoms with Gasteiger partial charge in [-0.05, 0) is 24.5 Å². The predicted octanol–water partition coefficient (Wildman–Crippen LogP) is 1.31. The lowest BCUT2D eigenvalue weighted by Crippen LogP contribution is -2.30.